The molecule has 0 fully saturated rings. The standard InChI is InChI=1S/C11H18N2O3S/c1-3-16-11(15)9-8-17-10(12-9)7-13(2)5-4-6-14/h8,14H,3-7H2,1-2H3. The summed E-state index contributed by atoms with van der Waals surface area (Å²) in [5.74, 6) is -0.368. The fraction of sp³-hybridized carbons (Fsp3) is 0.636. The van der Waals surface area contributed by atoms with Gasteiger partial charge in [0, 0.05) is 18.5 Å². The van der Waals surface area contributed by atoms with Gasteiger partial charge < -0.3 is 9.84 Å². The van der Waals surface area contributed by atoms with E-state index in [1.165, 1.54) is 11.3 Å². The van der Waals surface area contributed by atoms with Gasteiger partial charge in [0.15, 0.2) is 5.69 Å². The maximum atomic E-state index is 11.4. The Bertz CT molecular complexity index is 354. The molecule has 5 nitrogen and oxygen atoms in total. The average molecular weight is 258 g/mol. The lowest BCUT2D eigenvalue weighted by atomic mass is 10.4. The number of aliphatic hydroxyl groups excluding tert-OH is 1. The van der Waals surface area contributed by atoms with Crippen LogP contribution in [0.1, 0.15) is 28.8 Å². The first kappa shape index (κ1) is 14.1. The van der Waals surface area contributed by atoms with E-state index < -0.39 is 0 Å². The van der Waals surface area contributed by atoms with Crippen molar-refractivity contribution >= 4 is 17.3 Å². The van der Waals surface area contributed by atoms with E-state index in [9.17, 15) is 4.79 Å². The smallest absolute Gasteiger partial charge is 0.357 e. The molecule has 0 aliphatic heterocycles. The van der Waals surface area contributed by atoms with E-state index in [4.69, 9.17) is 9.84 Å². The Labute approximate surface area is 105 Å². The van der Waals surface area contributed by atoms with E-state index in [-0.39, 0.29) is 12.6 Å². The fourth-order valence-electron chi connectivity index (χ4n) is 1.33. The van der Waals surface area contributed by atoms with Crippen LogP contribution in [0, 0.1) is 0 Å². The zero-order chi connectivity index (χ0) is 12.7. The molecule has 0 bridgehead atoms. The molecular formula is C11H18N2O3S. The number of rotatable bonds is 7. The number of carbonyl (C=O) groups is 1. The molecule has 1 N–H and O–H groups in total. The zero-order valence-corrected chi connectivity index (χ0v) is 11.0. The quantitative estimate of drug-likeness (QED) is 0.743. The van der Waals surface area contributed by atoms with Crippen molar-refractivity contribution in [3.05, 3.63) is 16.1 Å². The Morgan fingerprint density at radius 3 is 3.06 bits per heavy atom. The number of nitrogens with zero attached hydrogens (tertiary/aromatic N) is 2. The summed E-state index contributed by atoms with van der Waals surface area (Å²) in [6.45, 7) is 3.82. The summed E-state index contributed by atoms with van der Waals surface area (Å²) in [7, 11) is 1.96. The molecule has 1 heterocycles. The number of aliphatic hydroxyl groups is 1. The van der Waals surface area contributed by atoms with E-state index in [1.807, 2.05) is 7.05 Å². The third-order valence-corrected chi connectivity index (χ3v) is 2.97. The maximum Gasteiger partial charge on any atom is 0.357 e. The predicted octanol–water partition coefficient (Wildman–Crippen LogP) is 1.13. The van der Waals surface area contributed by atoms with Crippen molar-refractivity contribution in [2.24, 2.45) is 0 Å². The van der Waals surface area contributed by atoms with E-state index in [2.05, 4.69) is 9.88 Å². The molecule has 6 heteroatoms. The molecule has 17 heavy (non-hydrogen) atoms. The topological polar surface area (TPSA) is 62.7 Å². The first-order valence-corrected chi connectivity index (χ1v) is 6.46. The van der Waals surface area contributed by atoms with Crippen LogP contribution in [0.3, 0.4) is 0 Å². The van der Waals surface area contributed by atoms with E-state index >= 15 is 0 Å². The summed E-state index contributed by atoms with van der Waals surface area (Å²) in [6, 6.07) is 0. The molecule has 0 spiro atoms. The van der Waals surface area contributed by atoms with Gasteiger partial charge in [-0.05, 0) is 20.4 Å². The van der Waals surface area contributed by atoms with Crippen LogP contribution in [0.2, 0.25) is 0 Å². The van der Waals surface area contributed by atoms with Crippen molar-refractivity contribution in [1.82, 2.24) is 9.88 Å². The molecule has 1 aromatic rings. The van der Waals surface area contributed by atoms with Gasteiger partial charge in [-0.3, -0.25) is 4.90 Å². The van der Waals surface area contributed by atoms with Crippen LogP contribution in [0.25, 0.3) is 0 Å². The summed E-state index contributed by atoms with van der Waals surface area (Å²) in [6.07, 6.45) is 0.743. The molecule has 0 unspecified atom stereocenters. The minimum Gasteiger partial charge on any atom is -0.461 e. The van der Waals surface area contributed by atoms with Crippen LogP contribution in [-0.4, -0.2) is 47.8 Å². The van der Waals surface area contributed by atoms with Crippen molar-refractivity contribution in [2.75, 3.05) is 26.8 Å². The monoisotopic (exact) mass is 258 g/mol. The Kier molecular flexibility index (Phi) is 6.10. The highest BCUT2D eigenvalue weighted by Gasteiger charge is 2.12. The first-order valence-electron chi connectivity index (χ1n) is 5.58. The third kappa shape index (κ3) is 4.80. The van der Waals surface area contributed by atoms with Crippen LogP contribution in [0.4, 0.5) is 0 Å². The molecule has 0 saturated heterocycles. The van der Waals surface area contributed by atoms with Gasteiger partial charge in [-0.15, -0.1) is 11.3 Å². The summed E-state index contributed by atoms with van der Waals surface area (Å²) in [5.41, 5.74) is 0.377. The van der Waals surface area contributed by atoms with E-state index in [0.29, 0.717) is 18.8 Å². The Balaban J connectivity index is 2.47. The van der Waals surface area contributed by atoms with E-state index in [0.717, 1.165) is 18.0 Å². The van der Waals surface area contributed by atoms with Gasteiger partial charge in [0.25, 0.3) is 0 Å². The zero-order valence-electron chi connectivity index (χ0n) is 10.2. The number of thiazole rings is 1. The Morgan fingerprint density at radius 2 is 2.41 bits per heavy atom. The average Bonchev–Trinajstić information content (AvgIpc) is 2.75. The molecule has 0 atom stereocenters. The molecule has 0 aromatic carbocycles. The largest absolute Gasteiger partial charge is 0.461 e. The second kappa shape index (κ2) is 7.37. The molecular weight excluding hydrogens is 240 g/mol. The van der Waals surface area contributed by atoms with Crippen LogP contribution in [0.15, 0.2) is 5.38 Å². The highest BCUT2D eigenvalue weighted by Crippen LogP contribution is 2.12. The van der Waals surface area contributed by atoms with Gasteiger partial charge in [0.05, 0.1) is 13.2 Å². The van der Waals surface area contributed by atoms with Gasteiger partial charge in [-0.2, -0.15) is 0 Å². The molecule has 0 saturated carbocycles. The summed E-state index contributed by atoms with van der Waals surface area (Å²) in [4.78, 5) is 17.7. The number of carbonyl (C=O) groups excluding carboxylic acids is 1. The molecule has 0 amide bonds. The second-order valence-electron chi connectivity index (χ2n) is 3.66. The predicted molar refractivity (Wildman–Crippen MR) is 66.1 cm³/mol. The second-order valence-corrected chi connectivity index (χ2v) is 4.60. The summed E-state index contributed by atoms with van der Waals surface area (Å²) < 4.78 is 4.87. The molecule has 1 rings (SSSR count). The fourth-order valence-corrected chi connectivity index (χ4v) is 2.18. The normalized spacial score (nSPS) is 10.8. The number of aromatic nitrogens is 1. The molecule has 0 aliphatic rings. The Morgan fingerprint density at radius 1 is 1.65 bits per heavy atom. The van der Waals surface area contributed by atoms with Gasteiger partial charge >= 0.3 is 5.97 Å². The lowest BCUT2D eigenvalue weighted by Gasteiger charge is -2.13. The van der Waals surface area contributed by atoms with Crippen LogP contribution in [-0.2, 0) is 11.3 Å². The third-order valence-electron chi connectivity index (χ3n) is 2.14. The molecule has 1 aromatic heterocycles. The number of esters is 1. The van der Waals surface area contributed by atoms with Crippen LogP contribution >= 0.6 is 11.3 Å². The van der Waals surface area contributed by atoms with Gasteiger partial charge in [0.2, 0.25) is 0 Å². The lowest BCUT2D eigenvalue weighted by molar-refractivity contribution is 0.0520. The Hall–Kier alpha value is -0.980. The first-order chi connectivity index (χ1) is 8.17. The minimum atomic E-state index is -0.368. The summed E-state index contributed by atoms with van der Waals surface area (Å²) in [5, 5.41) is 11.3. The molecule has 0 aliphatic carbocycles. The maximum absolute atomic E-state index is 11.4. The van der Waals surface area contributed by atoms with Gasteiger partial charge in [0.1, 0.15) is 5.01 Å². The minimum absolute atomic E-state index is 0.191. The number of ether oxygens (including phenoxy) is 1. The van der Waals surface area contributed by atoms with Crippen molar-refractivity contribution in [1.29, 1.82) is 0 Å². The molecule has 0 radical (unpaired) electrons. The molecule has 96 valence electrons. The van der Waals surface area contributed by atoms with Gasteiger partial charge in [-0.1, -0.05) is 0 Å². The van der Waals surface area contributed by atoms with Crippen molar-refractivity contribution in [2.45, 2.75) is 19.9 Å². The van der Waals surface area contributed by atoms with Crippen molar-refractivity contribution in [3.63, 3.8) is 0 Å². The van der Waals surface area contributed by atoms with E-state index in [1.54, 1.807) is 12.3 Å². The van der Waals surface area contributed by atoms with Crippen LogP contribution < -0.4 is 0 Å². The van der Waals surface area contributed by atoms with Crippen molar-refractivity contribution in [3.8, 4) is 0 Å². The lowest BCUT2D eigenvalue weighted by Crippen LogP contribution is -2.20. The number of hydrogen-bond acceptors (Lipinski definition) is 6. The highest BCUT2D eigenvalue weighted by molar-refractivity contribution is 7.09. The van der Waals surface area contributed by atoms with Crippen LogP contribution in [0.5, 0.6) is 0 Å². The SMILES string of the molecule is CCOC(=O)c1csc(CN(C)CCCO)n1. The number of hydrogen-bond donors (Lipinski definition) is 1. The van der Waals surface area contributed by atoms with Gasteiger partial charge in [-0.25, -0.2) is 9.78 Å². The van der Waals surface area contributed by atoms with Crippen molar-refractivity contribution < 1.29 is 14.6 Å². The highest BCUT2D eigenvalue weighted by atomic mass is 32.1. The summed E-state index contributed by atoms with van der Waals surface area (Å²) >= 11 is 1.45.